The van der Waals surface area contributed by atoms with Crippen molar-refractivity contribution in [2.24, 2.45) is 5.92 Å². The first-order valence-electron chi connectivity index (χ1n) is 6.08. The first kappa shape index (κ1) is 16.4. The van der Waals surface area contributed by atoms with Crippen molar-refractivity contribution in [2.75, 3.05) is 33.0 Å². The average molecular weight is 248 g/mol. The maximum atomic E-state index is 11.3. The lowest BCUT2D eigenvalue weighted by Crippen LogP contribution is -2.22. The van der Waals surface area contributed by atoms with Crippen LogP contribution < -0.4 is 0 Å². The summed E-state index contributed by atoms with van der Waals surface area (Å²) >= 11 is 0. The molecular weight excluding hydrogens is 224 g/mol. The van der Waals surface area contributed by atoms with Crippen molar-refractivity contribution < 1.29 is 24.1 Å². The molecule has 2 unspecified atom stereocenters. The Bertz CT molecular complexity index is 195. The van der Waals surface area contributed by atoms with Crippen LogP contribution >= 0.6 is 0 Å². The number of carbonyl (C=O) groups is 1. The van der Waals surface area contributed by atoms with E-state index in [4.69, 9.17) is 19.3 Å². The van der Waals surface area contributed by atoms with Gasteiger partial charge in [-0.1, -0.05) is 13.8 Å². The second-order valence-corrected chi connectivity index (χ2v) is 3.96. The maximum absolute atomic E-state index is 11.3. The first-order valence-corrected chi connectivity index (χ1v) is 6.08. The van der Waals surface area contributed by atoms with Crippen LogP contribution in [0.1, 0.15) is 27.2 Å². The van der Waals surface area contributed by atoms with E-state index >= 15 is 0 Å². The second kappa shape index (κ2) is 10.5. The number of hydrogen-bond acceptors (Lipinski definition) is 5. The van der Waals surface area contributed by atoms with E-state index in [0.717, 1.165) is 6.42 Å². The standard InChI is InChI=1S/C12H24O5/c1-4-10(2)12(14)17-8-7-16-11(3)9-15-6-5-13/h10-11,13H,4-9H2,1-3H3. The average Bonchev–Trinajstić information content (AvgIpc) is 2.33. The number of carbonyl (C=O) groups excluding carboxylic acids is 1. The summed E-state index contributed by atoms with van der Waals surface area (Å²) in [5.41, 5.74) is 0. The molecule has 0 fully saturated rings. The molecule has 0 saturated heterocycles. The van der Waals surface area contributed by atoms with E-state index in [-0.39, 0.29) is 31.2 Å². The lowest BCUT2D eigenvalue weighted by Gasteiger charge is -2.14. The van der Waals surface area contributed by atoms with Gasteiger partial charge in [-0.25, -0.2) is 0 Å². The van der Waals surface area contributed by atoms with Crippen molar-refractivity contribution in [3.05, 3.63) is 0 Å². The normalized spacial score (nSPS) is 14.4. The van der Waals surface area contributed by atoms with E-state index in [1.165, 1.54) is 0 Å². The van der Waals surface area contributed by atoms with Gasteiger partial charge in [0.25, 0.3) is 0 Å². The molecule has 0 aliphatic rings. The summed E-state index contributed by atoms with van der Waals surface area (Å²) in [7, 11) is 0. The minimum atomic E-state index is -0.180. The van der Waals surface area contributed by atoms with E-state index in [0.29, 0.717) is 19.8 Å². The summed E-state index contributed by atoms with van der Waals surface area (Å²) in [6.07, 6.45) is 0.717. The Morgan fingerprint density at radius 2 is 1.94 bits per heavy atom. The summed E-state index contributed by atoms with van der Waals surface area (Å²) in [5, 5.41) is 8.51. The predicted octanol–water partition coefficient (Wildman–Crippen LogP) is 0.990. The monoisotopic (exact) mass is 248 g/mol. The molecule has 5 heteroatoms. The number of aliphatic hydroxyl groups is 1. The molecule has 0 aromatic rings. The molecule has 0 saturated carbocycles. The third-order valence-corrected chi connectivity index (χ3v) is 2.33. The molecule has 2 atom stereocenters. The zero-order chi connectivity index (χ0) is 13.1. The quantitative estimate of drug-likeness (QED) is 0.461. The van der Waals surface area contributed by atoms with E-state index in [2.05, 4.69) is 0 Å². The van der Waals surface area contributed by atoms with Gasteiger partial charge in [0.2, 0.25) is 0 Å². The third-order valence-electron chi connectivity index (χ3n) is 2.33. The van der Waals surface area contributed by atoms with Crippen molar-refractivity contribution in [3.8, 4) is 0 Å². The highest BCUT2D eigenvalue weighted by atomic mass is 16.6. The van der Waals surface area contributed by atoms with E-state index < -0.39 is 0 Å². The molecule has 0 aromatic heterocycles. The van der Waals surface area contributed by atoms with Crippen LogP contribution in [0.5, 0.6) is 0 Å². The minimum absolute atomic E-state index is 0.0131. The molecule has 0 aromatic carbocycles. The Balaban J connectivity index is 3.41. The summed E-state index contributed by atoms with van der Waals surface area (Å²) in [6, 6.07) is 0. The van der Waals surface area contributed by atoms with Crippen LogP contribution in [0.4, 0.5) is 0 Å². The summed E-state index contributed by atoms with van der Waals surface area (Å²) in [4.78, 5) is 11.3. The van der Waals surface area contributed by atoms with Crippen LogP contribution in [0.2, 0.25) is 0 Å². The second-order valence-electron chi connectivity index (χ2n) is 3.96. The predicted molar refractivity (Wildman–Crippen MR) is 63.7 cm³/mol. The van der Waals surface area contributed by atoms with Crippen molar-refractivity contribution in [3.63, 3.8) is 0 Å². The van der Waals surface area contributed by atoms with Crippen molar-refractivity contribution in [1.82, 2.24) is 0 Å². The fourth-order valence-electron chi connectivity index (χ4n) is 1.06. The number of esters is 1. The molecule has 0 amide bonds. The summed E-state index contributed by atoms with van der Waals surface area (Å²) in [5.74, 6) is -0.236. The summed E-state index contributed by atoms with van der Waals surface area (Å²) in [6.45, 7) is 7.06. The highest BCUT2D eigenvalue weighted by Crippen LogP contribution is 2.03. The zero-order valence-corrected chi connectivity index (χ0v) is 11.0. The van der Waals surface area contributed by atoms with Crippen molar-refractivity contribution in [2.45, 2.75) is 33.3 Å². The lowest BCUT2D eigenvalue weighted by atomic mass is 10.1. The molecule has 0 spiro atoms. The van der Waals surface area contributed by atoms with Crippen LogP contribution in [-0.4, -0.2) is 50.2 Å². The molecule has 0 heterocycles. The minimum Gasteiger partial charge on any atom is -0.463 e. The van der Waals surface area contributed by atoms with E-state index in [1.807, 2.05) is 20.8 Å². The molecular formula is C12H24O5. The molecule has 0 aliphatic carbocycles. The van der Waals surface area contributed by atoms with Gasteiger partial charge in [-0.2, -0.15) is 0 Å². The number of hydrogen-bond donors (Lipinski definition) is 1. The Labute approximate surface area is 103 Å². The smallest absolute Gasteiger partial charge is 0.308 e. The fraction of sp³-hybridized carbons (Fsp3) is 0.917. The lowest BCUT2D eigenvalue weighted by molar-refractivity contribution is -0.150. The summed E-state index contributed by atoms with van der Waals surface area (Å²) < 4.78 is 15.5. The number of aliphatic hydroxyl groups excluding tert-OH is 1. The van der Waals surface area contributed by atoms with E-state index in [9.17, 15) is 4.79 Å². The number of ether oxygens (including phenoxy) is 3. The highest BCUT2D eigenvalue weighted by Gasteiger charge is 2.11. The largest absolute Gasteiger partial charge is 0.463 e. The van der Waals surface area contributed by atoms with Gasteiger partial charge in [0, 0.05) is 0 Å². The van der Waals surface area contributed by atoms with Crippen molar-refractivity contribution >= 4 is 5.97 Å². The highest BCUT2D eigenvalue weighted by molar-refractivity contribution is 5.71. The number of rotatable bonds is 10. The van der Waals surface area contributed by atoms with Gasteiger partial charge >= 0.3 is 5.97 Å². The Kier molecular flexibility index (Phi) is 10.1. The van der Waals surface area contributed by atoms with E-state index in [1.54, 1.807) is 0 Å². The van der Waals surface area contributed by atoms with Crippen LogP contribution in [0, 0.1) is 5.92 Å². The van der Waals surface area contributed by atoms with Crippen molar-refractivity contribution in [1.29, 1.82) is 0 Å². The maximum Gasteiger partial charge on any atom is 0.308 e. The fourth-order valence-corrected chi connectivity index (χ4v) is 1.06. The molecule has 0 aliphatic heterocycles. The van der Waals surface area contributed by atoms with Gasteiger partial charge in [0.1, 0.15) is 6.61 Å². The zero-order valence-electron chi connectivity index (χ0n) is 11.0. The Hall–Kier alpha value is -0.650. The Morgan fingerprint density at radius 3 is 2.53 bits per heavy atom. The van der Waals surface area contributed by atoms with Gasteiger partial charge in [0.15, 0.2) is 0 Å². The van der Waals surface area contributed by atoms with Crippen LogP contribution in [-0.2, 0) is 19.0 Å². The molecule has 1 N–H and O–H groups in total. The van der Waals surface area contributed by atoms with Gasteiger partial charge in [0.05, 0.1) is 38.4 Å². The third kappa shape index (κ3) is 9.09. The van der Waals surface area contributed by atoms with Gasteiger partial charge < -0.3 is 19.3 Å². The SMILES string of the molecule is CCC(C)C(=O)OCCOC(C)COCCO. The van der Waals surface area contributed by atoms with Gasteiger partial charge in [-0.15, -0.1) is 0 Å². The molecule has 0 bridgehead atoms. The first-order chi connectivity index (χ1) is 8.11. The Morgan fingerprint density at radius 1 is 1.24 bits per heavy atom. The molecule has 0 radical (unpaired) electrons. The molecule has 0 rings (SSSR count). The molecule has 5 nitrogen and oxygen atoms in total. The molecule has 102 valence electrons. The van der Waals surface area contributed by atoms with Gasteiger partial charge in [-0.05, 0) is 13.3 Å². The van der Waals surface area contributed by atoms with Gasteiger partial charge in [-0.3, -0.25) is 4.79 Å². The topological polar surface area (TPSA) is 65.0 Å². The molecule has 17 heavy (non-hydrogen) atoms. The van der Waals surface area contributed by atoms with Crippen LogP contribution in [0.3, 0.4) is 0 Å². The van der Waals surface area contributed by atoms with Crippen LogP contribution in [0.15, 0.2) is 0 Å². The van der Waals surface area contributed by atoms with Crippen LogP contribution in [0.25, 0.3) is 0 Å².